The molecular weight excluding hydrogens is 328 g/mol. The maximum Gasteiger partial charge on any atom is 0.281 e. The van der Waals surface area contributed by atoms with Crippen molar-refractivity contribution in [3.63, 3.8) is 0 Å². The van der Waals surface area contributed by atoms with Gasteiger partial charge in [-0.1, -0.05) is 0 Å². The van der Waals surface area contributed by atoms with E-state index in [9.17, 15) is 8.42 Å². The van der Waals surface area contributed by atoms with Gasteiger partial charge in [-0.15, -0.1) is 0 Å². The van der Waals surface area contributed by atoms with Gasteiger partial charge in [-0.25, -0.2) is 0 Å². The van der Waals surface area contributed by atoms with E-state index in [2.05, 4.69) is 20.2 Å². The maximum atomic E-state index is 12.3. The van der Waals surface area contributed by atoms with Gasteiger partial charge in [0.1, 0.15) is 5.69 Å². The Bertz CT molecular complexity index is 775. The molecule has 130 valence electrons. The number of hydrogen-bond donors (Lipinski definition) is 1. The van der Waals surface area contributed by atoms with Crippen molar-refractivity contribution in [3.8, 4) is 11.4 Å². The van der Waals surface area contributed by atoms with Gasteiger partial charge in [0, 0.05) is 45.8 Å². The van der Waals surface area contributed by atoms with Crippen LogP contribution < -0.4 is 0 Å². The van der Waals surface area contributed by atoms with Crippen LogP contribution in [-0.4, -0.2) is 64.4 Å². The third kappa shape index (κ3) is 3.47. The molecule has 0 bridgehead atoms. The fourth-order valence-electron chi connectivity index (χ4n) is 3.04. The topological polar surface area (TPSA) is 95.1 Å². The Morgan fingerprint density at radius 1 is 1.29 bits per heavy atom. The van der Waals surface area contributed by atoms with E-state index in [4.69, 9.17) is 0 Å². The van der Waals surface area contributed by atoms with E-state index in [1.807, 2.05) is 6.07 Å². The molecule has 1 aliphatic heterocycles. The average Bonchev–Trinajstić information content (AvgIpc) is 3.10. The van der Waals surface area contributed by atoms with Crippen LogP contribution in [0.3, 0.4) is 0 Å². The van der Waals surface area contributed by atoms with Gasteiger partial charge in [-0.3, -0.25) is 15.1 Å². The second-order valence-corrected chi connectivity index (χ2v) is 8.32. The molecule has 0 amide bonds. The normalized spacial score (nSPS) is 19.7. The van der Waals surface area contributed by atoms with Gasteiger partial charge in [0.05, 0.1) is 11.4 Å². The van der Waals surface area contributed by atoms with Crippen molar-refractivity contribution in [1.29, 1.82) is 0 Å². The second kappa shape index (κ2) is 6.96. The zero-order chi connectivity index (χ0) is 17.2. The fourth-order valence-corrected chi connectivity index (χ4v) is 4.26. The molecule has 1 fully saturated rings. The molecule has 0 radical (unpaired) electrons. The van der Waals surface area contributed by atoms with Gasteiger partial charge in [-0.2, -0.15) is 22.1 Å². The SMILES string of the molecule is CN(C)S(=O)(=O)N1CCCC(Cc2nccnc2-c2ccn[nH]2)C1. The van der Waals surface area contributed by atoms with Crippen molar-refractivity contribution in [2.45, 2.75) is 19.3 Å². The highest BCUT2D eigenvalue weighted by atomic mass is 32.2. The molecule has 0 aliphatic carbocycles. The summed E-state index contributed by atoms with van der Waals surface area (Å²) in [7, 11) is -0.229. The van der Waals surface area contributed by atoms with Crippen LogP contribution in [0.5, 0.6) is 0 Å². The third-order valence-corrected chi connectivity index (χ3v) is 6.19. The van der Waals surface area contributed by atoms with Crippen LogP contribution in [-0.2, 0) is 16.6 Å². The van der Waals surface area contributed by atoms with Crippen molar-refractivity contribution >= 4 is 10.2 Å². The van der Waals surface area contributed by atoms with E-state index in [0.717, 1.165) is 29.9 Å². The number of hydrogen-bond acceptors (Lipinski definition) is 5. The van der Waals surface area contributed by atoms with Gasteiger partial charge in [-0.05, 0) is 31.2 Å². The summed E-state index contributed by atoms with van der Waals surface area (Å²) in [6.07, 6.45) is 7.55. The first-order chi connectivity index (χ1) is 11.5. The molecule has 1 saturated heterocycles. The number of H-pyrrole nitrogens is 1. The zero-order valence-corrected chi connectivity index (χ0v) is 14.7. The largest absolute Gasteiger partial charge is 0.281 e. The highest BCUT2D eigenvalue weighted by Gasteiger charge is 2.31. The Morgan fingerprint density at radius 2 is 2.08 bits per heavy atom. The molecule has 3 heterocycles. The quantitative estimate of drug-likeness (QED) is 0.865. The number of rotatable bonds is 5. The van der Waals surface area contributed by atoms with Crippen LogP contribution in [0.25, 0.3) is 11.4 Å². The summed E-state index contributed by atoms with van der Waals surface area (Å²) in [5.74, 6) is 0.229. The number of nitrogens with one attached hydrogen (secondary N) is 1. The van der Waals surface area contributed by atoms with Crippen LogP contribution >= 0.6 is 0 Å². The van der Waals surface area contributed by atoms with Gasteiger partial charge >= 0.3 is 0 Å². The highest BCUT2D eigenvalue weighted by molar-refractivity contribution is 7.86. The number of piperidine rings is 1. The number of nitrogens with zero attached hydrogens (tertiary/aromatic N) is 5. The minimum atomic E-state index is -3.36. The zero-order valence-electron chi connectivity index (χ0n) is 13.9. The molecule has 2 aromatic rings. The summed E-state index contributed by atoms with van der Waals surface area (Å²) in [6, 6.07) is 1.86. The molecule has 2 aromatic heterocycles. The van der Waals surface area contributed by atoms with Gasteiger partial charge in [0.25, 0.3) is 10.2 Å². The van der Waals surface area contributed by atoms with Crippen molar-refractivity contribution < 1.29 is 8.42 Å². The second-order valence-electron chi connectivity index (χ2n) is 6.18. The molecule has 0 spiro atoms. The van der Waals surface area contributed by atoms with E-state index in [0.29, 0.717) is 19.5 Å². The lowest BCUT2D eigenvalue weighted by molar-refractivity contribution is 0.253. The lowest BCUT2D eigenvalue weighted by Gasteiger charge is -2.33. The van der Waals surface area contributed by atoms with E-state index >= 15 is 0 Å². The summed E-state index contributed by atoms with van der Waals surface area (Å²) >= 11 is 0. The van der Waals surface area contributed by atoms with Crippen LogP contribution in [0.4, 0.5) is 0 Å². The highest BCUT2D eigenvalue weighted by Crippen LogP contribution is 2.26. The van der Waals surface area contributed by atoms with E-state index < -0.39 is 10.2 Å². The molecular formula is C15H22N6O2S. The Labute approximate surface area is 142 Å². The lowest BCUT2D eigenvalue weighted by atomic mass is 9.93. The van der Waals surface area contributed by atoms with Crippen molar-refractivity contribution in [2.24, 2.45) is 5.92 Å². The van der Waals surface area contributed by atoms with Crippen LogP contribution in [0.15, 0.2) is 24.7 Å². The molecule has 0 saturated carbocycles. The Morgan fingerprint density at radius 3 is 2.79 bits per heavy atom. The Kier molecular flexibility index (Phi) is 4.93. The summed E-state index contributed by atoms with van der Waals surface area (Å²) in [5, 5.41) is 6.88. The van der Waals surface area contributed by atoms with Gasteiger partial charge in [0.15, 0.2) is 0 Å². The standard InChI is InChI=1S/C15H22N6O2S/c1-20(2)24(22,23)21-9-3-4-12(11-21)10-14-15(17-8-7-16-14)13-5-6-18-19-13/h5-8,12H,3-4,9-11H2,1-2H3,(H,18,19). The van der Waals surface area contributed by atoms with Crippen molar-refractivity contribution in [1.82, 2.24) is 28.8 Å². The minimum absolute atomic E-state index is 0.229. The minimum Gasteiger partial charge on any atom is -0.276 e. The predicted octanol–water partition coefficient (Wildman–Crippen LogP) is 0.928. The van der Waals surface area contributed by atoms with Crippen LogP contribution in [0, 0.1) is 5.92 Å². The monoisotopic (exact) mass is 350 g/mol. The number of aromatic amines is 1. The third-order valence-electron chi connectivity index (χ3n) is 4.28. The molecule has 3 rings (SSSR count). The van der Waals surface area contributed by atoms with Crippen LogP contribution in [0.1, 0.15) is 18.5 Å². The van der Waals surface area contributed by atoms with E-state index in [1.165, 1.54) is 4.31 Å². The lowest BCUT2D eigenvalue weighted by Crippen LogP contribution is -2.45. The molecule has 24 heavy (non-hydrogen) atoms. The molecule has 1 aliphatic rings. The van der Waals surface area contributed by atoms with Gasteiger partial charge in [0.2, 0.25) is 0 Å². The average molecular weight is 350 g/mol. The molecule has 0 aromatic carbocycles. The summed E-state index contributed by atoms with van der Waals surface area (Å²) in [5.41, 5.74) is 2.48. The van der Waals surface area contributed by atoms with Crippen molar-refractivity contribution in [2.75, 3.05) is 27.2 Å². The van der Waals surface area contributed by atoms with E-state index in [-0.39, 0.29) is 5.92 Å². The predicted molar refractivity (Wildman–Crippen MR) is 90.2 cm³/mol. The Balaban J connectivity index is 1.78. The summed E-state index contributed by atoms with van der Waals surface area (Å²) in [6.45, 7) is 1.09. The van der Waals surface area contributed by atoms with Gasteiger partial charge < -0.3 is 0 Å². The molecule has 9 heteroatoms. The van der Waals surface area contributed by atoms with E-state index in [1.54, 1.807) is 37.0 Å². The first kappa shape index (κ1) is 17.0. The summed E-state index contributed by atoms with van der Waals surface area (Å²) in [4.78, 5) is 8.87. The summed E-state index contributed by atoms with van der Waals surface area (Å²) < 4.78 is 27.5. The molecule has 1 N–H and O–H groups in total. The molecule has 1 atom stereocenters. The first-order valence-corrected chi connectivity index (χ1v) is 9.35. The maximum absolute atomic E-state index is 12.3. The first-order valence-electron chi connectivity index (χ1n) is 7.95. The molecule has 8 nitrogen and oxygen atoms in total. The smallest absolute Gasteiger partial charge is 0.276 e. The molecule has 1 unspecified atom stereocenters. The van der Waals surface area contributed by atoms with Crippen molar-refractivity contribution in [3.05, 3.63) is 30.4 Å². The Hall–Kier alpha value is -1.84. The number of aromatic nitrogens is 4. The fraction of sp³-hybridized carbons (Fsp3) is 0.533. The van der Waals surface area contributed by atoms with Crippen LogP contribution in [0.2, 0.25) is 0 Å².